The molecule has 0 bridgehead atoms. The van der Waals surface area contributed by atoms with Gasteiger partial charge in [-0.05, 0) is 30.3 Å². The maximum absolute atomic E-state index is 14.5. The maximum Gasteiger partial charge on any atom is 0.257 e. The lowest BCUT2D eigenvalue weighted by atomic mass is 10.1. The summed E-state index contributed by atoms with van der Waals surface area (Å²) < 4.78 is 64.1. The molecule has 0 aromatic heterocycles. The van der Waals surface area contributed by atoms with Crippen LogP contribution in [0, 0.1) is 23.0 Å². The fourth-order valence-electron chi connectivity index (χ4n) is 4.17. The van der Waals surface area contributed by atoms with Crippen LogP contribution in [0.4, 0.5) is 14.5 Å². The number of sulfone groups is 1. The third-order valence-corrected chi connectivity index (χ3v) is 7.27. The molecule has 0 saturated carbocycles. The number of amides is 1. The van der Waals surface area contributed by atoms with Gasteiger partial charge in [-0.3, -0.25) is 4.79 Å². The van der Waals surface area contributed by atoms with Crippen molar-refractivity contribution in [2.24, 2.45) is 0 Å². The van der Waals surface area contributed by atoms with Gasteiger partial charge in [0, 0.05) is 45.3 Å². The molecule has 11 heteroatoms. The highest BCUT2D eigenvalue weighted by molar-refractivity contribution is 7.90. The van der Waals surface area contributed by atoms with E-state index in [1.807, 2.05) is 0 Å². The molecule has 2 aromatic carbocycles. The predicted octanol–water partition coefficient (Wildman–Crippen LogP) is 2.76. The average molecular weight is 506 g/mol. The Kier molecular flexibility index (Phi) is 7.23. The van der Waals surface area contributed by atoms with Crippen LogP contribution in [-0.4, -0.2) is 71.0 Å². The van der Waals surface area contributed by atoms with Gasteiger partial charge in [0.05, 0.1) is 34.9 Å². The van der Waals surface area contributed by atoms with Crippen LogP contribution in [-0.2, 0) is 14.6 Å². The van der Waals surface area contributed by atoms with Crippen molar-refractivity contribution in [3.63, 3.8) is 0 Å². The van der Waals surface area contributed by atoms with Gasteiger partial charge in [-0.1, -0.05) is 0 Å². The van der Waals surface area contributed by atoms with Crippen molar-refractivity contribution < 1.29 is 31.5 Å². The number of carbonyl (C=O) groups excluding carboxylic acids is 1. The van der Waals surface area contributed by atoms with Gasteiger partial charge in [0.2, 0.25) is 0 Å². The van der Waals surface area contributed by atoms with E-state index in [4.69, 9.17) is 14.7 Å². The molecule has 2 aromatic rings. The number of hydrogen-bond acceptors (Lipinski definition) is 7. The molecule has 186 valence electrons. The molecule has 2 fully saturated rings. The van der Waals surface area contributed by atoms with Gasteiger partial charge < -0.3 is 19.3 Å². The number of rotatable bonds is 5. The number of halogens is 2. The summed E-state index contributed by atoms with van der Waals surface area (Å²) in [5.74, 6) is -2.39. The van der Waals surface area contributed by atoms with Crippen molar-refractivity contribution in [1.29, 1.82) is 5.26 Å². The third kappa shape index (κ3) is 5.39. The Morgan fingerprint density at radius 2 is 1.77 bits per heavy atom. The first-order valence-electron chi connectivity index (χ1n) is 11.2. The summed E-state index contributed by atoms with van der Waals surface area (Å²) in [5.41, 5.74) is -0.206. The molecule has 0 unspecified atom stereocenters. The first-order valence-corrected chi connectivity index (χ1v) is 13.1. The van der Waals surface area contributed by atoms with E-state index >= 15 is 0 Å². The highest BCUT2D eigenvalue weighted by atomic mass is 32.2. The molecule has 2 aliphatic rings. The van der Waals surface area contributed by atoms with E-state index in [0.29, 0.717) is 31.8 Å². The summed E-state index contributed by atoms with van der Waals surface area (Å²) >= 11 is 0. The summed E-state index contributed by atoms with van der Waals surface area (Å²) in [6, 6.07) is 8.43. The molecule has 2 aliphatic heterocycles. The van der Waals surface area contributed by atoms with Crippen LogP contribution < -0.4 is 9.64 Å². The van der Waals surface area contributed by atoms with E-state index < -0.39 is 27.4 Å². The SMILES string of the molecule is CS(=O)(=O)c1ccc(OC2CCOCC2)c(C(=O)N2CCN(c3ccc(C#N)c(F)c3F)CC2)c1. The number of carbonyl (C=O) groups is 1. The van der Waals surface area contributed by atoms with Crippen LogP contribution in [0.15, 0.2) is 35.2 Å². The molecule has 0 spiro atoms. The highest BCUT2D eigenvalue weighted by Gasteiger charge is 2.29. The van der Waals surface area contributed by atoms with Crippen LogP contribution in [0.1, 0.15) is 28.8 Å². The minimum atomic E-state index is -3.55. The van der Waals surface area contributed by atoms with Gasteiger partial charge in [0.1, 0.15) is 17.9 Å². The predicted molar refractivity (Wildman–Crippen MR) is 123 cm³/mol. The summed E-state index contributed by atoms with van der Waals surface area (Å²) in [6.45, 7) is 1.97. The van der Waals surface area contributed by atoms with Crippen molar-refractivity contribution in [2.75, 3.05) is 50.5 Å². The van der Waals surface area contributed by atoms with Crippen molar-refractivity contribution in [2.45, 2.75) is 23.8 Å². The lowest BCUT2D eigenvalue weighted by molar-refractivity contribution is 0.0249. The van der Waals surface area contributed by atoms with Gasteiger partial charge in [-0.15, -0.1) is 0 Å². The molecule has 8 nitrogen and oxygen atoms in total. The average Bonchev–Trinajstić information content (AvgIpc) is 2.85. The van der Waals surface area contributed by atoms with E-state index in [1.165, 1.54) is 35.2 Å². The van der Waals surface area contributed by atoms with Crippen LogP contribution in [0.5, 0.6) is 5.75 Å². The summed E-state index contributed by atoms with van der Waals surface area (Å²) in [4.78, 5) is 16.6. The summed E-state index contributed by atoms with van der Waals surface area (Å²) in [7, 11) is -3.55. The number of nitrogens with zero attached hydrogens (tertiary/aromatic N) is 3. The van der Waals surface area contributed by atoms with Gasteiger partial charge in [-0.2, -0.15) is 5.26 Å². The zero-order valence-corrected chi connectivity index (χ0v) is 20.0. The number of benzene rings is 2. The molecule has 1 amide bonds. The van der Waals surface area contributed by atoms with Crippen molar-refractivity contribution in [3.8, 4) is 11.8 Å². The van der Waals surface area contributed by atoms with Crippen LogP contribution >= 0.6 is 0 Å². The Morgan fingerprint density at radius 1 is 1.09 bits per heavy atom. The van der Waals surface area contributed by atoms with Gasteiger partial charge in [0.15, 0.2) is 21.5 Å². The molecule has 2 heterocycles. The van der Waals surface area contributed by atoms with Gasteiger partial charge >= 0.3 is 0 Å². The topological polar surface area (TPSA) is 99.9 Å². The highest BCUT2D eigenvalue weighted by Crippen LogP contribution is 2.29. The number of anilines is 1. The molecule has 0 radical (unpaired) electrons. The normalized spacial score (nSPS) is 17.2. The standard InChI is InChI=1S/C24H25F2N3O5S/c1-35(31,32)18-3-5-21(34-17-6-12-33-13-7-17)19(14-18)24(30)29-10-8-28(9-11-29)20-4-2-16(15-27)22(25)23(20)26/h2-5,14,17H,6-13H2,1H3. The minimum absolute atomic E-state index is 0.00828. The van der Waals surface area contributed by atoms with Crippen LogP contribution in [0.3, 0.4) is 0 Å². The van der Waals surface area contributed by atoms with Crippen molar-refractivity contribution in [3.05, 3.63) is 53.1 Å². The second-order valence-electron chi connectivity index (χ2n) is 8.51. The van der Waals surface area contributed by atoms with Crippen LogP contribution in [0.25, 0.3) is 0 Å². The Labute approximate surface area is 202 Å². The molecule has 4 rings (SSSR count). The van der Waals surface area contributed by atoms with E-state index in [9.17, 15) is 22.0 Å². The second-order valence-corrected chi connectivity index (χ2v) is 10.5. The first-order chi connectivity index (χ1) is 16.7. The lowest BCUT2D eigenvalue weighted by Gasteiger charge is -2.36. The quantitative estimate of drug-likeness (QED) is 0.616. The third-order valence-electron chi connectivity index (χ3n) is 6.16. The lowest BCUT2D eigenvalue weighted by Crippen LogP contribution is -2.49. The second kappa shape index (κ2) is 10.2. The fourth-order valence-corrected chi connectivity index (χ4v) is 4.82. The van der Waals surface area contributed by atoms with E-state index in [1.54, 1.807) is 11.0 Å². The van der Waals surface area contributed by atoms with Gasteiger partial charge in [-0.25, -0.2) is 17.2 Å². The molecule has 0 N–H and O–H groups in total. The zero-order chi connectivity index (χ0) is 25.2. The van der Waals surface area contributed by atoms with Gasteiger partial charge in [0.25, 0.3) is 5.91 Å². The number of nitriles is 1. The molecule has 0 aliphatic carbocycles. The molecule has 0 atom stereocenters. The van der Waals surface area contributed by atoms with E-state index in [-0.39, 0.29) is 54.0 Å². The van der Waals surface area contributed by atoms with Crippen molar-refractivity contribution >= 4 is 21.4 Å². The monoisotopic (exact) mass is 505 g/mol. The Morgan fingerprint density at radius 3 is 2.40 bits per heavy atom. The van der Waals surface area contributed by atoms with E-state index in [2.05, 4.69) is 0 Å². The largest absolute Gasteiger partial charge is 0.489 e. The Balaban J connectivity index is 1.54. The summed E-state index contributed by atoms with van der Waals surface area (Å²) in [6.07, 6.45) is 2.24. The van der Waals surface area contributed by atoms with E-state index in [0.717, 1.165) is 6.26 Å². The fraction of sp³-hybridized carbons (Fsp3) is 0.417. The Bertz CT molecular complexity index is 1260. The molecule has 35 heavy (non-hydrogen) atoms. The molecular formula is C24H25F2N3O5S. The van der Waals surface area contributed by atoms with Crippen molar-refractivity contribution in [1.82, 2.24) is 4.90 Å². The number of ether oxygens (including phenoxy) is 2. The number of piperazine rings is 1. The van der Waals surface area contributed by atoms with Crippen LogP contribution in [0.2, 0.25) is 0 Å². The number of hydrogen-bond donors (Lipinski definition) is 0. The first kappa shape index (κ1) is 24.9. The molecule has 2 saturated heterocycles. The molecular weight excluding hydrogens is 480 g/mol. The Hall–Kier alpha value is -3.23. The smallest absolute Gasteiger partial charge is 0.257 e. The zero-order valence-electron chi connectivity index (χ0n) is 19.2. The minimum Gasteiger partial charge on any atom is -0.489 e. The maximum atomic E-state index is 14.5. The summed E-state index contributed by atoms with van der Waals surface area (Å²) in [5, 5.41) is 8.88.